The van der Waals surface area contributed by atoms with E-state index in [4.69, 9.17) is 9.84 Å². The molecule has 0 spiro atoms. The van der Waals surface area contributed by atoms with Crippen molar-refractivity contribution in [1.29, 1.82) is 0 Å². The molecule has 3 unspecified atom stereocenters. The third kappa shape index (κ3) is 6.04. The molecule has 5 nitrogen and oxygen atoms in total. The number of carbonyl (C=O) groups is 1. The number of hydrogen-bond acceptors (Lipinski definition) is 6. The molecule has 3 atom stereocenters. The SMILES string of the molecule is CCOC(=O)C(C)(CC(C)SCC(O)CO)NC. The minimum atomic E-state index is -0.716. The number of ether oxygens (including phenoxy) is 1. The molecule has 6 heteroatoms. The Morgan fingerprint density at radius 2 is 2.17 bits per heavy atom. The average Bonchev–Trinajstić information content (AvgIpc) is 2.35. The van der Waals surface area contributed by atoms with Gasteiger partial charge in [-0.1, -0.05) is 6.92 Å². The van der Waals surface area contributed by atoms with Crippen LogP contribution in [0.15, 0.2) is 0 Å². The van der Waals surface area contributed by atoms with Crippen molar-refractivity contribution in [3.8, 4) is 0 Å². The minimum Gasteiger partial charge on any atom is -0.465 e. The van der Waals surface area contributed by atoms with Crippen LogP contribution in [0.3, 0.4) is 0 Å². The average molecular weight is 279 g/mol. The lowest BCUT2D eigenvalue weighted by Crippen LogP contribution is -2.50. The zero-order valence-electron chi connectivity index (χ0n) is 11.6. The third-order valence-corrected chi connectivity index (χ3v) is 4.07. The summed E-state index contributed by atoms with van der Waals surface area (Å²) in [6.07, 6.45) is -0.105. The van der Waals surface area contributed by atoms with Crippen molar-refractivity contribution in [2.75, 3.05) is 26.0 Å². The maximum atomic E-state index is 11.8. The second-order valence-corrected chi connectivity index (χ2v) is 5.96. The fourth-order valence-corrected chi connectivity index (χ4v) is 2.65. The summed E-state index contributed by atoms with van der Waals surface area (Å²) >= 11 is 1.53. The summed E-state index contributed by atoms with van der Waals surface area (Å²) in [5.74, 6) is 0.197. The van der Waals surface area contributed by atoms with Gasteiger partial charge in [0.15, 0.2) is 0 Å². The second-order valence-electron chi connectivity index (χ2n) is 4.49. The number of hydrogen-bond donors (Lipinski definition) is 3. The maximum absolute atomic E-state index is 11.8. The van der Waals surface area contributed by atoms with Gasteiger partial charge in [-0.25, -0.2) is 0 Å². The van der Waals surface area contributed by atoms with E-state index in [9.17, 15) is 9.90 Å². The summed E-state index contributed by atoms with van der Waals surface area (Å²) in [6.45, 7) is 5.71. The van der Waals surface area contributed by atoms with Crippen LogP contribution in [0.25, 0.3) is 0 Å². The number of nitrogens with one attached hydrogen (secondary N) is 1. The van der Waals surface area contributed by atoms with E-state index in [1.807, 2.05) is 13.8 Å². The number of carbonyl (C=O) groups excluding carboxylic acids is 1. The summed E-state index contributed by atoms with van der Waals surface area (Å²) in [6, 6.07) is 0. The highest BCUT2D eigenvalue weighted by molar-refractivity contribution is 7.99. The van der Waals surface area contributed by atoms with E-state index in [0.717, 1.165) is 0 Å². The first kappa shape index (κ1) is 17.7. The number of thioether (sulfide) groups is 1. The summed E-state index contributed by atoms with van der Waals surface area (Å²) in [4.78, 5) is 11.8. The lowest BCUT2D eigenvalue weighted by Gasteiger charge is -2.29. The Morgan fingerprint density at radius 3 is 2.61 bits per heavy atom. The van der Waals surface area contributed by atoms with Crippen molar-refractivity contribution in [3.05, 3.63) is 0 Å². The third-order valence-electron chi connectivity index (χ3n) is 2.76. The topological polar surface area (TPSA) is 78.8 Å². The smallest absolute Gasteiger partial charge is 0.326 e. The van der Waals surface area contributed by atoms with Crippen LogP contribution in [0, 0.1) is 0 Å². The Balaban J connectivity index is 4.29. The van der Waals surface area contributed by atoms with E-state index in [2.05, 4.69) is 5.32 Å². The molecule has 0 aliphatic heterocycles. The number of rotatable bonds is 9. The Morgan fingerprint density at radius 1 is 1.56 bits per heavy atom. The molecule has 0 radical (unpaired) electrons. The van der Waals surface area contributed by atoms with Gasteiger partial charge >= 0.3 is 5.97 Å². The van der Waals surface area contributed by atoms with Crippen LogP contribution >= 0.6 is 11.8 Å². The number of esters is 1. The highest BCUT2D eigenvalue weighted by atomic mass is 32.2. The first-order chi connectivity index (χ1) is 8.39. The predicted octanol–water partition coefficient (Wildman–Crippen LogP) is 0.393. The molecule has 108 valence electrons. The zero-order valence-corrected chi connectivity index (χ0v) is 12.4. The lowest BCUT2D eigenvalue weighted by atomic mass is 9.96. The van der Waals surface area contributed by atoms with E-state index < -0.39 is 11.6 Å². The van der Waals surface area contributed by atoms with Gasteiger partial charge in [-0.15, -0.1) is 0 Å². The Kier molecular flexibility index (Phi) is 8.60. The van der Waals surface area contributed by atoms with Crippen LogP contribution in [0.1, 0.15) is 27.2 Å². The summed E-state index contributed by atoms with van der Waals surface area (Å²) < 4.78 is 5.05. The molecule has 0 saturated carbocycles. The van der Waals surface area contributed by atoms with Crippen LogP contribution in [-0.2, 0) is 9.53 Å². The highest BCUT2D eigenvalue weighted by Gasteiger charge is 2.34. The first-order valence-electron chi connectivity index (χ1n) is 6.16. The predicted molar refractivity (Wildman–Crippen MR) is 73.7 cm³/mol. The molecule has 0 saturated heterocycles. The van der Waals surface area contributed by atoms with Crippen LogP contribution < -0.4 is 5.32 Å². The van der Waals surface area contributed by atoms with Crippen LogP contribution in [0.5, 0.6) is 0 Å². The Hall–Kier alpha value is -0.300. The van der Waals surface area contributed by atoms with Crippen molar-refractivity contribution in [2.24, 2.45) is 0 Å². The van der Waals surface area contributed by atoms with Crippen molar-refractivity contribution >= 4 is 17.7 Å². The van der Waals surface area contributed by atoms with Crippen molar-refractivity contribution < 1.29 is 19.7 Å². The van der Waals surface area contributed by atoms with Gasteiger partial charge in [0.1, 0.15) is 5.54 Å². The van der Waals surface area contributed by atoms with Crippen molar-refractivity contribution in [2.45, 2.75) is 44.1 Å². The van der Waals surface area contributed by atoms with Gasteiger partial charge in [0, 0.05) is 11.0 Å². The summed E-state index contributed by atoms with van der Waals surface area (Å²) in [5, 5.41) is 21.2. The molecule has 0 rings (SSSR count). The molecule has 0 aliphatic rings. The van der Waals surface area contributed by atoms with Gasteiger partial charge in [-0.2, -0.15) is 11.8 Å². The van der Waals surface area contributed by atoms with Crippen molar-refractivity contribution in [3.63, 3.8) is 0 Å². The Bertz CT molecular complexity index is 252. The van der Waals surface area contributed by atoms with Crippen molar-refractivity contribution in [1.82, 2.24) is 5.32 Å². The standard InChI is InChI=1S/C12H25NO4S/c1-5-17-11(16)12(3,13-4)6-9(2)18-8-10(15)7-14/h9-10,13-15H,5-8H2,1-4H3. The number of aliphatic hydroxyl groups is 2. The van der Waals surface area contributed by atoms with Gasteiger partial charge in [0.05, 0.1) is 19.3 Å². The first-order valence-corrected chi connectivity index (χ1v) is 7.21. The van der Waals surface area contributed by atoms with Crippen LogP contribution in [0.4, 0.5) is 0 Å². The fourth-order valence-electron chi connectivity index (χ4n) is 1.54. The Labute approximate surface area is 113 Å². The molecule has 3 N–H and O–H groups in total. The van der Waals surface area contributed by atoms with E-state index in [-0.39, 0.29) is 17.8 Å². The molecule has 0 amide bonds. The molecular weight excluding hydrogens is 254 g/mol. The highest BCUT2D eigenvalue weighted by Crippen LogP contribution is 2.23. The molecule has 0 aliphatic carbocycles. The molecule has 0 aromatic rings. The molecule has 0 bridgehead atoms. The van der Waals surface area contributed by atoms with Crippen LogP contribution in [0.2, 0.25) is 0 Å². The number of likely N-dealkylation sites (N-methyl/N-ethyl adjacent to an activating group) is 1. The van der Waals surface area contributed by atoms with Gasteiger partial charge < -0.3 is 20.3 Å². The number of aliphatic hydroxyl groups excluding tert-OH is 2. The largest absolute Gasteiger partial charge is 0.465 e. The molecule has 0 aromatic carbocycles. The van der Waals surface area contributed by atoms with Gasteiger partial charge in [0.2, 0.25) is 0 Å². The quantitative estimate of drug-likeness (QED) is 0.530. The second kappa shape index (κ2) is 8.74. The normalized spacial score (nSPS) is 17.9. The van der Waals surface area contributed by atoms with E-state index in [0.29, 0.717) is 18.8 Å². The minimum absolute atomic E-state index is 0.174. The van der Waals surface area contributed by atoms with Crippen LogP contribution in [-0.4, -0.2) is 59.1 Å². The molecule has 0 fully saturated rings. The zero-order chi connectivity index (χ0) is 14.2. The lowest BCUT2D eigenvalue weighted by molar-refractivity contribution is -0.150. The van der Waals surface area contributed by atoms with Gasteiger partial charge in [-0.3, -0.25) is 4.79 Å². The molecule has 0 heterocycles. The molecule has 0 aromatic heterocycles. The molecular formula is C12H25NO4S. The van der Waals surface area contributed by atoms with E-state index >= 15 is 0 Å². The van der Waals surface area contributed by atoms with Gasteiger partial charge in [0.25, 0.3) is 0 Å². The van der Waals surface area contributed by atoms with E-state index in [1.54, 1.807) is 14.0 Å². The summed E-state index contributed by atoms with van der Waals surface area (Å²) in [5.41, 5.74) is -0.716. The van der Waals surface area contributed by atoms with Gasteiger partial charge in [-0.05, 0) is 27.3 Å². The monoisotopic (exact) mass is 279 g/mol. The maximum Gasteiger partial charge on any atom is 0.326 e. The fraction of sp³-hybridized carbons (Fsp3) is 0.917. The van der Waals surface area contributed by atoms with E-state index in [1.165, 1.54) is 11.8 Å². The summed E-state index contributed by atoms with van der Waals surface area (Å²) in [7, 11) is 1.73. The molecule has 18 heavy (non-hydrogen) atoms.